The summed E-state index contributed by atoms with van der Waals surface area (Å²) in [7, 11) is 0. The van der Waals surface area contributed by atoms with Crippen molar-refractivity contribution in [2.24, 2.45) is 5.73 Å². The fourth-order valence-electron chi connectivity index (χ4n) is 2.34. The predicted octanol–water partition coefficient (Wildman–Crippen LogP) is 1.08. The van der Waals surface area contributed by atoms with Crippen molar-refractivity contribution >= 4 is 23.7 Å². The van der Waals surface area contributed by atoms with Crippen LogP contribution < -0.4 is 5.73 Å². The molecule has 1 aliphatic heterocycles. The predicted molar refractivity (Wildman–Crippen MR) is 81.7 cm³/mol. The fraction of sp³-hybridized carbons (Fsp3) is 0.0588. The highest BCUT2D eigenvalue weighted by molar-refractivity contribution is 6.20. The average molecular weight is 324 g/mol. The molecular weight excluding hydrogens is 312 g/mol. The van der Waals surface area contributed by atoms with E-state index in [1.807, 2.05) is 0 Å². The Bertz CT molecular complexity index is 823. The molecule has 0 spiro atoms. The Morgan fingerprint density at radius 3 is 1.96 bits per heavy atom. The number of imide groups is 1. The van der Waals surface area contributed by atoms with Crippen molar-refractivity contribution in [1.82, 2.24) is 5.06 Å². The molecule has 0 unspecified atom stereocenters. The van der Waals surface area contributed by atoms with Gasteiger partial charge >= 0.3 is 5.97 Å². The van der Waals surface area contributed by atoms with Crippen LogP contribution in [0.1, 0.15) is 36.6 Å². The van der Waals surface area contributed by atoms with E-state index in [1.165, 1.54) is 24.3 Å². The molecule has 0 radical (unpaired) electrons. The number of benzene rings is 2. The van der Waals surface area contributed by atoms with Crippen LogP contribution >= 0.6 is 0 Å². The zero-order valence-electron chi connectivity index (χ0n) is 12.4. The minimum atomic E-state index is -0.767. The summed E-state index contributed by atoms with van der Waals surface area (Å²) in [6.45, 7) is 0. The van der Waals surface area contributed by atoms with E-state index in [-0.39, 0.29) is 17.5 Å². The second-order valence-electron chi connectivity index (χ2n) is 5.15. The Morgan fingerprint density at radius 2 is 1.46 bits per heavy atom. The van der Waals surface area contributed by atoms with Gasteiger partial charge in [-0.1, -0.05) is 29.3 Å². The number of carbonyl (C=O) groups excluding carboxylic acids is 4. The Labute approximate surface area is 136 Å². The van der Waals surface area contributed by atoms with Gasteiger partial charge in [0.2, 0.25) is 5.91 Å². The normalized spacial score (nSPS) is 12.9. The van der Waals surface area contributed by atoms with Gasteiger partial charge in [0.15, 0.2) is 0 Å². The second kappa shape index (κ2) is 5.96. The molecule has 24 heavy (non-hydrogen) atoms. The van der Waals surface area contributed by atoms with Crippen molar-refractivity contribution < 1.29 is 24.0 Å². The molecule has 120 valence electrons. The number of amides is 3. The van der Waals surface area contributed by atoms with Crippen LogP contribution in [0.3, 0.4) is 0 Å². The van der Waals surface area contributed by atoms with Crippen LogP contribution in [0.4, 0.5) is 0 Å². The number of carbonyl (C=O) groups is 4. The molecule has 0 saturated carbocycles. The van der Waals surface area contributed by atoms with Crippen LogP contribution in [-0.2, 0) is 16.1 Å². The molecule has 1 heterocycles. The largest absolute Gasteiger partial charge is 0.366 e. The van der Waals surface area contributed by atoms with Crippen LogP contribution in [-0.4, -0.2) is 28.8 Å². The number of nitrogens with two attached hydrogens (primary N) is 1. The van der Waals surface area contributed by atoms with Gasteiger partial charge in [0.05, 0.1) is 17.5 Å². The molecule has 0 saturated heterocycles. The molecule has 1 aliphatic rings. The highest BCUT2D eigenvalue weighted by atomic mass is 16.7. The van der Waals surface area contributed by atoms with Gasteiger partial charge < -0.3 is 10.6 Å². The standard InChI is InChI=1S/C17H12N2O5/c18-15(21)11-7-5-10(6-8-11)9-14(20)24-19-16(22)12-3-1-2-4-13(12)17(19)23/h1-8H,9H2,(H2,18,21). The van der Waals surface area contributed by atoms with Crippen molar-refractivity contribution in [2.75, 3.05) is 0 Å². The van der Waals surface area contributed by atoms with Gasteiger partial charge in [-0.15, -0.1) is 0 Å². The first kappa shape index (κ1) is 15.4. The zero-order valence-corrected chi connectivity index (χ0v) is 12.4. The molecule has 7 nitrogen and oxygen atoms in total. The van der Waals surface area contributed by atoms with Crippen molar-refractivity contribution in [3.05, 3.63) is 70.8 Å². The molecule has 0 atom stereocenters. The van der Waals surface area contributed by atoms with Crippen LogP contribution in [0.2, 0.25) is 0 Å². The quantitative estimate of drug-likeness (QED) is 0.847. The summed E-state index contributed by atoms with van der Waals surface area (Å²) in [6.07, 6.45) is -0.160. The number of hydrogen-bond acceptors (Lipinski definition) is 5. The number of hydrogen-bond donors (Lipinski definition) is 1. The van der Waals surface area contributed by atoms with Gasteiger partial charge in [0.1, 0.15) is 0 Å². The fourth-order valence-corrected chi connectivity index (χ4v) is 2.34. The zero-order chi connectivity index (χ0) is 17.3. The number of hydroxylamine groups is 2. The third-order valence-electron chi connectivity index (χ3n) is 3.54. The number of primary amides is 1. The minimum Gasteiger partial charge on any atom is -0.366 e. The molecule has 2 aromatic rings. The summed E-state index contributed by atoms with van der Waals surface area (Å²) in [5.74, 6) is -2.69. The Morgan fingerprint density at radius 1 is 0.917 bits per heavy atom. The molecule has 0 aliphatic carbocycles. The maximum absolute atomic E-state index is 12.1. The summed E-state index contributed by atoms with van der Waals surface area (Å²) in [6, 6.07) is 12.3. The molecule has 3 amide bonds. The smallest absolute Gasteiger partial charge is 0.337 e. The monoisotopic (exact) mass is 324 g/mol. The van der Waals surface area contributed by atoms with Gasteiger partial charge in [0.25, 0.3) is 11.8 Å². The lowest BCUT2D eigenvalue weighted by Gasteiger charge is -2.12. The van der Waals surface area contributed by atoms with E-state index in [0.29, 0.717) is 16.2 Å². The summed E-state index contributed by atoms with van der Waals surface area (Å²) in [5, 5.41) is 0.463. The van der Waals surface area contributed by atoms with Crippen molar-refractivity contribution in [1.29, 1.82) is 0 Å². The van der Waals surface area contributed by atoms with E-state index < -0.39 is 23.7 Å². The van der Waals surface area contributed by atoms with E-state index in [2.05, 4.69) is 0 Å². The molecule has 3 rings (SSSR count). The Kier molecular flexibility index (Phi) is 3.83. The number of rotatable bonds is 4. The molecule has 0 bridgehead atoms. The van der Waals surface area contributed by atoms with E-state index in [0.717, 1.165) is 0 Å². The molecular formula is C17H12N2O5. The molecule has 2 N–H and O–H groups in total. The van der Waals surface area contributed by atoms with E-state index >= 15 is 0 Å². The van der Waals surface area contributed by atoms with E-state index in [1.54, 1.807) is 24.3 Å². The highest BCUT2D eigenvalue weighted by Gasteiger charge is 2.38. The number of nitrogens with zero attached hydrogens (tertiary/aromatic N) is 1. The molecule has 0 fully saturated rings. The topological polar surface area (TPSA) is 107 Å². The van der Waals surface area contributed by atoms with Gasteiger partial charge in [-0.05, 0) is 29.8 Å². The van der Waals surface area contributed by atoms with E-state index in [4.69, 9.17) is 10.6 Å². The first-order valence-electron chi connectivity index (χ1n) is 7.04. The van der Waals surface area contributed by atoms with Crippen molar-refractivity contribution in [2.45, 2.75) is 6.42 Å². The summed E-state index contributed by atoms with van der Waals surface area (Å²) >= 11 is 0. The average Bonchev–Trinajstić information content (AvgIpc) is 2.81. The Hall–Kier alpha value is -3.48. The lowest BCUT2D eigenvalue weighted by Crippen LogP contribution is -2.33. The SMILES string of the molecule is NC(=O)c1ccc(CC(=O)ON2C(=O)c3ccccc3C2=O)cc1. The second-order valence-corrected chi connectivity index (χ2v) is 5.15. The third-order valence-corrected chi connectivity index (χ3v) is 3.54. The lowest BCUT2D eigenvalue weighted by atomic mass is 10.1. The molecule has 0 aromatic heterocycles. The van der Waals surface area contributed by atoms with Crippen LogP contribution in [0, 0.1) is 0 Å². The molecule has 7 heteroatoms. The minimum absolute atomic E-state index is 0.160. The summed E-state index contributed by atoms with van der Waals surface area (Å²) in [5.41, 5.74) is 6.39. The maximum Gasteiger partial charge on any atom is 0.337 e. The highest BCUT2D eigenvalue weighted by Crippen LogP contribution is 2.22. The van der Waals surface area contributed by atoms with Gasteiger partial charge in [-0.3, -0.25) is 14.4 Å². The summed E-state index contributed by atoms with van der Waals surface area (Å²) < 4.78 is 0. The van der Waals surface area contributed by atoms with E-state index in [9.17, 15) is 19.2 Å². The van der Waals surface area contributed by atoms with Crippen molar-refractivity contribution in [3.63, 3.8) is 0 Å². The van der Waals surface area contributed by atoms with Gasteiger partial charge in [-0.2, -0.15) is 0 Å². The third kappa shape index (κ3) is 2.74. The van der Waals surface area contributed by atoms with Gasteiger partial charge in [0, 0.05) is 5.56 Å². The lowest BCUT2D eigenvalue weighted by molar-refractivity contribution is -0.167. The molecule has 2 aromatic carbocycles. The van der Waals surface area contributed by atoms with Gasteiger partial charge in [-0.25, -0.2) is 4.79 Å². The van der Waals surface area contributed by atoms with Crippen molar-refractivity contribution in [3.8, 4) is 0 Å². The number of fused-ring (bicyclic) bond motifs is 1. The Balaban J connectivity index is 1.69. The van der Waals surface area contributed by atoms with Crippen LogP contribution in [0.15, 0.2) is 48.5 Å². The van der Waals surface area contributed by atoms with Crippen LogP contribution in [0.25, 0.3) is 0 Å². The summed E-state index contributed by atoms with van der Waals surface area (Å²) in [4.78, 5) is 52.0. The first-order chi connectivity index (χ1) is 11.5. The first-order valence-corrected chi connectivity index (χ1v) is 7.04. The maximum atomic E-state index is 12.1. The van der Waals surface area contributed by atoms with Crippen LogP contribution in [0.5, 0.6) is 0 Å².